The van der Waals surface area contributed by atoms with Crippen LogP contribution in [0.3, 0.4) is 0 Å². The monoisotopic (exact) mass is 363 g/mol. The molecule has 2 aromatic rings. The zero-order chi connectivity index (χ0) is 18.2. The number of nitrogens with one attached hydrogen (secondary N) is 1. The van der Waals surface area contributed by atoms with E-state index in [1.165, 1.54) is 58.0 Å². The molecule has 0 unspecified atom stereocenters. The van der Waals surface area contributed by atoms with Gasteiger partial charge in [-0.15, -0.1) is 0 Å². The van der Waals surface area contributed by atoms with Crippen molar-refractivity contribution in [2.24, 2.45) is 5.92 Å². The fraction of sp³-hybridized carbons (Fsp3) is 0.565. The summed E-state index contributed by atoms with van der Waals surface area (Å²) in [6, 6.07) is 10.8. The van der Waals surface area contributed by atoms with Crippen molar-refractivity contribution in [3.8, 4) is 0 Å². The van der Waals surface area contributed by atoms with Gasteiger partial charge in [-0.3, -0.25) is 9.78 Å². The van der Waals surface area contributed by atoms with Gasteiger partial charge in [0.05, 0.1) is 11.1 Å². The molecule has 1 aromatic heterocycles. The summed E-state index contributed by atoms with van der Waals surface area (Å²) >= 11 is 0. The normalized spacial score (nSPS) is 25.9. The van der Waals surface area contributed by atoms with Crippen molar-refractivity contribution in [1.29, 1.82) is 0 Å². The molecule has 1 aromatic carbocycles. The second kappa shape index (κ2) is 7.23. The van der Waals surface area contributed by atoms with E-state index in [0.29, 0.717) is 17.9 Å². The van der Waals surface area contributed by atoms with E-state index in [0.717, 1.165) is 28.7 Å². The molecule has 4 heteroatoms. The van der Waals surface area contributed by atoms with Crippen LogP contribution in [0.1, 0.15) is 66.9 Å². The summed E-state index contributed by atoms with van der Waals surface area (Å²) in [4.78, 5) is 20.6. The molecule has 0 bridgehead atoms. The zero-order valence-electron chi connectivity index (χ0n) is 16.0. The molecule has 2 atom stereocenters. The van der Waals surface area contributed by atoms with Crippen LogP contribution in [0.15, 0.2) is 30.3 Å². The first-order valence-corrected chi connectivity index (χ1v) is 10.7. The first-order chi connectivity index (χ1) is 13.3. The molecule has 0 spiro atoms. The first-order valence-electron chi connectivity index (χ1n) is 10.7. The van der Waals surface area contributed by atoms with E-state index >= 15 is 0 Å². The van der Waals surface area contributed by atoms with E-state index in [9.17, 15) is 4.79 Å². The predicted octanol–water partition coefficient (Wildman–Crippen LogP) is 4.11. The Morgan fingerprint density at radius 3 is 2.81 bits per heavy atom. The molecule has 3 aliphatic rings. The number of amides is 1. The Kier molecular flexibility index (Phi) is 4.60. The van der Waals surface area contributed by atoms with Gasteiger partial charge in [0, 0.05) is 29.6 Å². The Morgan fingerprint density at radius 1 is 1.07 bits per heavy atom. The molecule has 1 N–H and O–H groups in total. The smallest absolute Gasteiger partial charge is 0.252 e. The SMILES string of the molecule is O=C(NC[C@H]1CCCN2CCCC[C@H]12)c1cc(C2CC2)nc2ccccc12. The Balaban J connectivity index is 1.35. The maximum absolute atomic E-state index is 13.1. The van der Waals surface area contributed by atoms with Gasteiger partial charge < -0.3 is 10.2 Å². The number of fused-ring (bicyclic) bond motifs is 2. The summed E-state index contributed by atoms with van der Waals surface area (Å²) in [5.74, 6) is 1.22. The van der Waals surface area contributed by atoms with Gasteiger partial charge in [0.2, 0.25) is 0 Å². The lowest BCUT2D eigenvalue weighted by atomic mass is 9.83. The second-order valence-electron chi connectivity index (χ2n) is 8.60. The highest BCUT2D eigenvalue weighted by atomic mass is 16.1. The molecular formula is C23H29N3O. The lowest BCUT2D eigenvalue weighted by molar-refractivity contribution is 0.0576. The Hall–Kier alpha value is -1.94. The summed E-state index contributed by atoms with van der Waals surface area (Å²) in [5.41, 5.74) is 2.84. The number of piperidine rings is 2. The molecule has 1 amide bonds. The molecule has 4 nitrogen and oxygen atoms in total. The van der Waals surface area contributed by atoms with Crippen LogP contribution in [0.4, 0.5) is 0 Å². The summed E-state index contributed by atoms with van der Waals surface area (Å²) < 4.78 is 0. The van der Waals surface area contributed by atoms with E-state index in [1.54, 1.807) is 0 Å². The standard InChI is InChI=1S/C23H29N3O/c27-23(24-15-17-6-5-13-26-12-4-3-9-22(17)26)19-14-21(16-10-11-16)25-20-8-2-1-7-18(19)20/h1-2,7-8,14,16-17,22H,3-6,9-13,15H2,(H,24,27)/t17-,22-/m1/s1. The minimum Gasteiger partial charge on any atom is -0.352 e. The van der Waals surface area contributed by atoms with Crippen LogP contribution < -0.4 is 5.32 Å². The summed E-state index contributed by atoms with van der Waals surface area (Å²) in [6.07, 6.45) is 8.88. The van der Waals surface area contributed by atoms with Gasteiger partial charge >= 0.3 is 0 Å². The molecule has 27 heavy (non-hydrogen) atoms. The van der Waals surface area contributed by atoms with Crippen molar-refractivity contribution in [2.45, 2.75) is 56.9 Å². The number of aromatic nitrogens is 1. The quantitative estimate of drug-likeness (QED) is 0.889. The maximum Gasteiger partial charge on any atom is 0.252 e. The number of pyridine rings is 1. The minimum absolute atomic E-state index is 0.0726. The van der Waals surface area contributed by atoms with Gasteiger partial charge in [-0.2, -0.15) is 0 Å². The summed E-state index contributed by atoms with van der Waals surface area (Å²) in [6.45, 7) is 3.29. The maximum atomic E-state index is 13.1. The number of carbonyl (C=O) groups is 1. The van der Waals surface area contributed by atoms with Gasteiger partial charge in [-0.25, -0.2) is 0 Å². The number of hydrogen-bond donors (Lipinski definition) is 1. The van der Waals surface area contributed by atoms with E-state index in [-0.39, 0.29) is 5.91 Å². The van der Waals surface area contributed by atoms with Gasteiger partial charge in [0.25, 0.3) is 5.91 Å². The molecule has 1 aliphatic carbocycles. The third-order valence-corrected chi connectivity index (χ3v) is 6.73. The van der Waals surface area contributed by atoms with Crippen LogP contribution in [0, 0.1) is 5.92 Å². The average molecular weight is 364 g/mol. The van der Waals surface area contributed by atoms with Gasteiger partial charge in [0.1, 0.15) is 0 Å². The molecule has 5 rings (SSSR count). The van der Waals surface area contributed by atoms with E-state index in [1.807, 2.05) is 30.3 Å². The fourth-order valence-electron chi connectivity index (χ4n) is 5.11. The minimum atomic E-state index is 0.0726. The summed E-state index contributed by atoms with van der Waals surface area (Å²) in [5, 5.41) is 4.26. The highest BCUT2D eigenvalue weighted by molar-refractivity contribution is 6.06. The topological polar surface area (TPSA) is 45.2 Å². The average Bonchev–Trinajstić information content (AvgIpc) is 3.56. The van der Waals surface area contributed by atoms with Crippen LogP contribution in [-0.2, 0) is 0 Å². The van der Waals surface area contributed by atoms with E-state index in [2.05, 4.69) is 10.2 Å². The van der Waals surface area contributed by atoms with Crippen molar-refractivity contribution in [2.75, 3.05) is 19.6 Å². The molecule has 2 aliphatic heterocycles. The van der Waals surface area contributed by atoms with Crippen LogP contribution >= 0.6 is 0 Å². The molecular weight excluding hydrogens is 334 g/mol. The van der Waals surface area contributed by atoms with Crippen molar-refractivity contribution in [3.05, 3.63) is 41.6 Å². The van der Waals surface area contributed by atoms with Crippen LogP contribution in [-0.4, -0.2) is 41.5 Å². The van der Waals surface area contributed by atoms with Crippen LogP contribution in [0.2, 0.25) is 0 Å². The van der Waals surface area contributed by atoms with Crippen molar-refractivity contribution < 1.29 is 4.79 Å². The lowest BCUT2D eigenvalue weighted by Crippen LogP contribution is -2.51. The molecule has 1 saturated carbocycles. The van der Waals surface area contributed by atoms with Gasteiger partial charge in [-0.05, 0) is 69.7 Å². The number of carbonyl (C=O) groups excluding carboxylic acids is 1. The van der Waals surface area contributed by atoms with E-state index in [4.69, 9.17) is 4.98 Å². The Bertz CT molecular complexity index is 843. The number of benzene rings is 1. The highest BCUT2D eigenvalue weighted by Crippen LogP contribution is 2.40. The fourth-order valence-corrected chi connectivity index (χ4v) is 5.11. The van der Waals surface area contributed by atoms with Crippen molar-refractivity contribution in [1.82, 2.24) is 15.2 Å². The van der Waals surface area contributed by atoms with Crippen molar-refractivity contribution in [3.63, 3.8) is 0 Å². The number of hydrogen-bond acceptors (Lipinski definition) is 3. The number of nitrogens with zero attached hydrogens (tertiary/aromatic N) is 2. The molecule has 3 fully saturated rings. The van der Waals surface area contributed by atoms with Crippen LogP contribution in [0.25, 0.3) is 10.9 Å². The third kappa shape index (κ3) is 3.47. The number of para-hydroxylation sites is 1. The van der Waals surface area contributed by atoms with Gasteiger partial charge in [0.15, 0.2) is 0 Å². The lowest BCUT2D eigenvalue weighted by Gasteiger charge is -2.44. The van der Waals surface area contributed by atoms with E-state index < -0.39 is 0 Å². The predicted molar refractivity (Wildman–Crippen MR) is 108 cm³/mol. The number of rotatable bonds is 4. The van der Waals surface area contributed by atoms with Gasteiger partial charge in [-0.1, -0.05) is 24.6 Å². The second-order valence-corrected chi connectivity index (χ2v) is 8.60. The highest BCUT2D eigenvalue weighted by Gasteiger charge is 2.33. The third-order valence-electron chi connectivity index (χ3n) is 6.73. The Labute approximate surface area is 161 Å². The van der Waals surface area contributed by atoms with Crippen molar-refractivity contribution >= 4 is 16.8 Å². The molecule has 3 heterocycles. The summed E-state index contributed by atoms with van der Waals surface area (Å²) in [7, 11) is 0. The first kappa shape index (κ1) is 17.2. The molecule has 0 radical (unpaired) electrons. The molecule has 2 saturated heterocycles. The zero-order valence-corrected chi connectivity index (χ0v) is 16.0. The Morgan fingerprint density at radius 2 is 1.93 bits per heavy atom. The van der Waals surface area contributed by atoms with Crippen LogP contribution in [0.5, 0.6) is 0 Å². The molecule has 142 valence electrons. The largest absolute Gasteiger partial charge is 0.352 e.